The van der Waals surface area contributed by atoms with Gasteiger partial charge < -0.3 is 15.2 Å². The van der Waals surface area contributed by atoms with Gasteiger partial charge in [0.1, 0.15) is 6.04 Å². The number of carbonyl (C=O) groups is 1. The molecule has 0 aromatic rings. The summed E-state index contributed by atoms with van der Waals surface area (Å²) in [5.74, 6) is -1.14. The Kier molecular flexibility index (Phi) is 6.26. The highest BCUT2D eigenvalue weighted by Gasteiger charge is 2.26. The maximum Gasteiger partial charge on any atom is 0.389 e. The Labute approximate surface area is 85.4 Å². The van der Waals surface area contributed by atoms with E-state index in [4.69, 9.17) is 5.11 Å². The number of methoxy groups -OCH3 is 1. The van der Waals surface area contributed by atoms with E-state index in [2.05, 4.69) is 10.1 Å². The number of hydrogen-bond acceptors (Lipinski definition) is 3. The minimum atomic E-state index is -4.19. The van der Waals surface area contributed by atoms with Gasteiger partial charge in [0.25, 0.3) is 0 Å². The van der Waals surface area contributed by atoms with Gasteiger partial charge in [0, 0.05) is 13.5 Å². The van der Waals surface area contributed by atoms with Crippen LogP contribution in [0, 0.1) is 0 Å². The lowest BCUT2D eigenvalue weighted by Crippen LogP contribution is -2.40. The predicted molar refractivity (Wildman–Crippen MR) is 46.6 cm³/mol. The van der Waals surface area contributed by atoms with Gasteiger partial charge in [-0.3, -0.25) is 4.79 Å². The van der Waals surface area contributed by atoms with Crippen LogP contribution in [0.15, 0.2) is 0 Å². The smallest absolute Gasteiger partial charge is 0.389 e. The molecular weight excluding hydrogens is 215 g/mol. The Bertz CT molecular complexity index is 196. The van der Waals surface area contributed by atoms with Gasteiger partial charge in [0.15, 0.2) is 0 Å². The van der Waals surface area contributed by atoms with Crippen molar-refractivity contribution in [3.05, 3.63) is 0 Å². The maximum absolute atomic E-state index is 11.7. The summed E-state index contributed by atoms with van der Waals surface area (Å²) in [7, 11) is 1.33. The van der Waals surface area contributed by atoms with Crippen LogP contribution in [-0.4, -0.2) is 43.6 Å². The van der Waals surface area contributed by atoms with Gasteiger partial charge in [-0.05, 0) is 13.0 Å². The average molecular weight is 229 g/mol. The number of hydrogen-bond donors (Lipinski definition) is 2. The van der Waals surface area contributed by atoms with E-state index < -0.39 is 24.6 Å². The van der Waals surface area contributed by atoms with E-state index in [0.29, 0.717) is 0 Å². The van der Waals surface area contributed by atoms with Crippen LogP contribution in [0.1, 0.15) is 12.8 Å². The van der Waals surface area contributed by atoms with Crippen molar-refractivity contribution >= 4 is 5.97 Å². The summed E-state index contributed by atoms with van der Waals surface area (Å²) in [6, 6.07) is -0.955. The van der Waals surface area contributed by atoms with Crippen molar-refractivity contribution in [2.24, 2.45) is 0 Å². The molecule has 0 aromatic heterocycles. The van der Waals surface area contributed by atoms with Gasteiger partial charge in [-0.25, -0.2) is 0 Å². The third-order valence-electron chi connectivity index (χ3n) is 1.66. The minimum absolute atomic E-state index is 0.000162. The highest BCUT2D eigenvalue weighted by atomic mass is 19.4. The molecule has 0 radical (unpaired) electrons. The molecule has 1 unspecified atom stereocenters. The number of alkyl halides is 3. The van der Waals surface area contributed by atoms with Gasteiger partial charge >= 0.3 is 12.1 Å². The monoisotopic (exact) mass is 229 g/mol. The van der Waals surface area contributed by atoms with Crippen LogP contribution < -0.4 is 5.32 Å². The van der Waals surface area contributed by atoms with Crippen molar-refractivity contribution in [3.8, 4) is 0 Å². The molecule has 0 saturated carbocycles. The van der Waals surface area contributed by atoms with Crippen LogP contribution in [0.4, 0.5) is 13.2 Å². The average Bonchev–Trinajstić information content (AvgIpc) is 2.08. The first-order valence-corrected chi connectivity index (χ1v) is 4.38. The van der Waals surface area contributed by atoms with E-state index in [9.17, 15) is 18.0 Å². The van der Waals surface area contributed by atoms with Crippen LogP contribution in [0.3, 0.4) is 0 Å². The molecule has 0 amide bonds. The zero-order valence-corrected chi connectivity index (χ0v) is 8.30. The van der Waals surface area contributed by atoms with Gasteiger partial charge in [0.05, 0.1) is 6.61 Å². The molecule has 0 heterocycles. The lowest BCUT2D eigenvalue weighted by atomic mass is 10.2. The summed E-state index contributed by atoms with van der Waals surface area (Å²) in [5.41, 5.74) is 0. The zero-order chi connectivity index (χ0) is 11.9. The lowest BCUT2D eigenvalue weighted by molar-refractivity contribution is -0.141. The number of carboxylic acids is 1. The third kappa shape index (κ3) is 8.19. The molecule has 0 rings (SSSR count). The molecule has 0 aliphatic heterocycles. The van der Waals surface area contributed by atoms with Crippen LogP contribution in [0.2, 0.25) is 0 Å². The second-order valence-corrected chi connectivity index (χ2v) is 3.02. The first-order valence-electron chi connectivity index (χ1n) is 4.38. The molecule has 0 aromatic carbocycles. The molecule has 15 heavy (non-hydrogen) atoms. The number of nitrogens with one attached hydrogen (secondary N) is 1. The Morgan fingerprint density at radius 3 is 2.53 bits per heavy atom. The first-order chi connectivity index (χ1) is 6.87. The fourth-order valence-corrected chi connectivity index (χ4v) is 0.949. The number of carboxylic acid groups (broad SMARTS) is 1. The van der Waals surface area contributed by atoms with Crippen molar-refractivity contribution in [1.82, 2.24) is 5.32 Å². The quantitative estimate of drug-likeness (QED) is 0.640. The summed E-state index contributed by atoms with van der Waals surface area (Å²) in [5, 5.41) is 11.1. The van der Waals surface area contributed by atoms with Gasteiger partial charge in [0.2, 0.25) is 0 Å². The highest BCUT2D eigenvalue weighted by molar-refractivity contribution is 5.73. The lowest BCUT2D eigenvalue weighted by Gasteiger charge is -2.13. The summed E-state index contributed by atoms with van der Waals surface area (Å²) >= 11 is 0. The molecule has 4 nitrogen and oxygen atoms in total. The number of rotatable bonds is 7. The maximum atomic E-state index is 11.7. The molecule has 7 heteroatoms. The molecular formula is C8H14F3NO3. The topological polar surface area (TPSA) is 58.6 Å². The minimum Gasteiger partial charge on any atom is -0.480 e. The normalized spacial score (nSPS) is 13.9. The van der Waals surface area contributed by atoms with Crippen molar-refractivity contribution < 1.29 is 27.8 Å². The van der Waals surface area contributed by atoms with E-state index in [1.807, 2.05) is 0 Å². The molecule has 0 spiro atoms. The largest absolute Gasteiger partial charge is 0.480 e. The SMILES string of the molecule is COCC(NCCCC(F)(F)F)C(=O)O. The molecule has 1 atom stereocenters. The highest BCUT2D eigenvalue weighted by Crippen LogP contribution is 2.20. The van der Waals surface area contributed by atoms with Crippen LogP contribution in [-0.2, 0) is 9.53 Å². The fourth-order valence-electron chi connectivity index (χ4n) is 0.949. The second-order valence-electron chi connectivity index (χ2n) is 3.02. The standard InChI is InChI=1S/C8H14F3NO3/c1-15-5-6(7(13)14)12-4-2-3-8(9,10)11/h6,12H,2-5H2,1H3,(H,13,14). The Hall–Kier alpha value is -0.820. The number of aliphatic carboxylic acids is 1. The van der Waals surface area contributed by atoms with Gasteiger partial charge in [-0.2, -0.15) is 13.2 Å². The fraction of sp³-hybridized carbons (Fsp3) is 0.875. The number of ether oxygens (including phenoxy) is 1. The molecule has 90 valence electrons. The Morgan fingerprint density at radius 2 is 2.13 bits per heavy atom. The number of halogens is 3. The molecule has 0 bridgehead atoms. The molecule has 0 aliphatic carbocycles. The molecule has 2 N–H and O–H groups in total. The van der Waals surface area contributed by atoms with Gasteiger partial charge in [-0.15, -0.1) is 0 Å². The van der Waals surface area contributed by atoms with Crippen LogP contribution in [0.5, 0.6) is 0 Å². The molecule has 0 aliphatic rings. The van der Waals surface area contributed by atoms with E-state index in [1.54, 1.807) is 0 Å². The summed E-state index contributed by atoms with van der Waals surface area (Å²) in [6.07, 6.45) is -5.25. The zero-order valence-electron chi connectivity index (χ0n) is 8.30. The molecule has 0 fully saturated rings. The van der Waals surface area contributed by atoms with Crippen molar-refractivity contribution in [2.75, 3.05) is 20.3 Å². The van der Waals surface area contributed by atoms with Gasteiger partial charge in [-0.1, -0.05) is 0 Å². The summed E-state index contributed by atoms with van der Waals surface area (Å²) in [6.45, 7) is -0.0683. The first kappa shape index (κ1) is 14.2. The third-order valence-corrected chi connectivity index (χ3v) is 1.66. The van der Waals surface area contributed by atoms with Crippen LogP contribution in [0.25, 0.3) is 0 Å². The molecule has 0 saturated heterocycles. The van der Waals surface area contributed by atoms with E-state index in [1.165, 1.54) is 7.11 Å². The van der Waals surface area contributed by atoms with Crippen molar-refractivity contribution in [2.45, 2.75) is 25.1 Å². The Morgan fingerprint density at radius 1 is 1.53 bits per heavy atom. The summed E-state index contributed by atoms with van der Waals surface area (Å²) < 4.78 is 39.8. The van der Waals surface area contributed by atoms with Crippen LogP contribution >= 0.6 is 0 Å². The summed E-state index contributed by atoms with van der Waals surface area (Å²) in [4.78, 5) is 10.5. The van der Waals surface area contributed by atoms with E-state index in [-0.39, 0.29) is 19.6 Å². The van der Waals surface area contributed by atoms with Crippen molar-refractivity contribution in [3.63, 3.8) is 0 Å². The predicted octanol–water partition coefficient (Wildman–Crippen LogP) is 1.02. The Balaban J connectivity index is 3.67. The van der Waals surface area contributed by atoms with Crippen molar-refractivity contribution in [1.29, 1.82) is 0 Å². The van der Waals surface area contributed by atoms with E-state index in [0.717, 1.165) is 0 Å². The van der Waals surface area contributed by atoms with E-state index >= 15 is 0 Å². The second kappa shape index (κ2) is 6.62.